The van der Waals surface area contributed by atoms with Crippen molar-refractivity contribution in [1.29, 1.82) is 0 Å². The van der Waals surface area contributed by atoms with Crippen LogP contribution in [0.15, 0.2) is 127 Å². The summed E-state index contributed by atoms with van der Waals surface area (Å²) >= 11 is 0. The zero-order valence-electron chi connectivity index (χ0n) is 23.0. The Bertz CT molecular complexity index is 1980. The van der Waals surface area contributed by atoms with Crippen LogP contribution in [0.25, 0.3) is 33.4 Å². The maximum Gasteiger partial charge on any atom is 0.260 e. The summed E-state index contributed by atoms with van der Waals surface area (Å²) in [5.41, 5.74) is 13.0. The molecule has 6 aromatic carbocycles. The van der Waals surface area contributed by atoms with E-state index in [-0.39, 0.29) is 6.71 Å². The van der Waals surface area contributed by atoms with Gasteiger partial charge in [-0.1, -0.05) is 103 Å². The zero-order valence-corrected chi connectivity index (χ0v) is 23.0. The molecule has 41 heavy (non-hydrogen) atoms. The normalized spacial score (nSPS) is 12.5. The van der Waals surface area contributed by atoms with Gasteiger partial charge in [-0.15, -0.1) is 0 Å². The summed E-state index contributed by atoms with van der Waals surface area (Å²) in [5, 5.41) is 0. The molecule has 0 unspecified atom stereocenters. The number of aryl methyl sites for hydroxylation is 2. The predicted octanol–water partition coefficient (Wildman–Crippen LogP) is 8.03. The molecule has 194 valence electrons. The van der Waals surface area contributed by atoms with Crippen molar-refractivity contribution in [3.63, 3.8) is 0 Å². The minimum absolute atomic E-state index is 0.0240. The summed E-state index contributed by atoms with van der Waals surface area (Å²) < 4.78 is 13.4. The van der Waals surface area contributed by atoms with E-state index in [0.29, 0.717) is 0 Å². The highest BCUT2D eigenvalue weighted by molar-refractivity contribution is 6.98. The third-order valence-electron chi connectivity index (χ3n) is 8.52. The summed E-state index contributed by atoms with van der Waals surface area (Å²) in [6, 6.07) is 45.1. The van der Waals surface area contributed by atoms with Crippen LogP contribution in [-0.4, -0.2) is 6.71 Å². The number of benzene rings is 6. The average molecular weight is 526 g/mol. The minimum Gasteiger partial charge on any atom is -0.458 e. The molecule has 0 N–H and O–H groups in total. The van der Waals surface area contributed by atoms with Crippen molar-refractivity contribution < 1.29 is 9.47 Å². The van der Waals surface area contributed by atoms with Gasteiger partial charge in [-0.05, 0) is 88.0 Å². The second-order valence-corrected chi connectivity index (χ2v) is 11.0. The summed E-state index contributed by atoms with van der Waals surface area (Å²) in [6.07, 6.45) is 0. The lowest BCUT2D eigenvalue weighted by Gasteiger charge is -2.34. The molecule has 0 saturated carbocycles. The maximum atomic E-state index is 6.82. The molecular weight excluding hydrogens is 499 g/mol. The Hall–Kier alpha value is -5.02. The van der Waals surface area contributed by atoms with Gasteiger partial charge in [0.15, 0.2) is 0 Å². The van der Waals surface area contributed by atoms with E-state index in [1.54, 1.807) is 0 Å². The first-order valence-corrected chi connectivity index (χ1v) is 14.1. The van der Waals surface area contributed by atoms with Crippen LogP contribution in [0.2, 0.25) is 0 Å². The van der Waals surface area contributed by atoms with Crippen LogP contribution in [-0.2, 0) is 0 Å². The number of hydrogen-bond donors (Lipinski definition) is 0. The Morgan fingerprint density at radius 1 is 0.439 bits per heavy atom. The van der Waals surface area contributed by atoms with Crippen LogP contribution in [0.3, 0.4) is 0 Å². The molecule has 0 radical (unpaired) electrons. The molecule has 2 aliphatic heterocycles. The molecule has 0 amide bonds. The monoisotopic (exact) mass is 526 g/mol. The lowest BCUT2D eigenvalue weighted by molar-refractivity contribution is 0.465. The molecule has 8 rings (SSSR count). The molecule has 0 bridgehead atoms. The topological polar surface area (TPSA) is 18.5 Å². The van der Waals surface area contributed by atoms with Gasteiger partial charge in [0.25, 0.3) is 6.71 Å². The Morgan fingerprint density at radius 2 is 1.02 bits per heavy atom. The highest BCUT2D eigenvalue weighted by Gasteiger charge is 2.41. The number of hydrogen-bond acceptors (Lipinski definition) is 2. The fraction of sp³-hybridized carbons (Fsp3) is 0.0526. The van der Waals surface area contributed by atoms with Crippen LogP contribution in [0.5, 0.6) is 23.0 Å². The predicted molar refractivity (Wildman–Crippen MR) is 170 cm³/mol. The van der Waals surface area contributed by atoms with E-state index in [9.17, 15) is 0 Å². The lowest BCUT2D eigenvalue weighted by atomic mass is 9.34. The molecule has 0 spiro atoms. The first-order chi connectivity index (χ1) is 20.2. The molecule has 0 aliphatic carbocycles. The SMILES string of the molecule is Cc1ccccc1-c1ccc2c(c1)B1c3cc(-c4ccccc4)ccc3Oc3c(-c4ccccc4C)ccc(c31)O2. The third-order valence-corrected chi connectivity index (χ3v) is 8.52. The number of ether oxygens (including phenoxy) is 2. The second kappa shape index (κ2) is 9.28. The van der Waals surface area contributed by atoms with Gasteiger partial charge in [-0.2, -0.15) is 0 Å². The van der Waals surface area contributed by atoms with E-state index in [2.05, 4.69) is 141 Å². The van der Waals surface area contributed by atoms with E-state index in [1.807, 2.05) is 0 Å². The minimum atomic E-state index is -0.0240. The van der Waals surface area contributed by atoms with E-state index < -0.39 is 0 Å². The van der Waals surface area contributed by atoms with Crippen molar-refractivity contribution in [1.82, 2.24) is 0 Å². The summed E-state index contributed by atoms with van der Waals surface area (Å²) in [4.78, 5) is 0. The van der Waals surface area contributed by atoms with Gasteiger partial charge >= 0.3 is 0 Å². The summed E-state index contributed by atoms with van der Waals surface area (Å²) in [5.74, 6) is 3.53. The molecular formula is C38H27BO2. The largest absolute Gasteiger partial charge is 0.458 e. The zero-order chi connectivity index (χ0) is 27.5. The first-order valence-electron chi connectivity index (χ1n) is 14.1. The fourth-order valence-electron chi connectivity index (χ4n) is 6.46. The van der Waals surface area contributed by atoms with Crippen LogP contribution in [0.4, 0.5) is 0 Å². The third kappa shape index (κ3) is 3.81. The second-order valence-electron chi connectivity index (χ2n) is 11.0. The molecule has 0 atom stereocenters. The quantitative estimate of drug-likeness (QED) is 0.217. The number of fused-ring (bicyclic) bond motifs is 4. The van der Waals surface area contributed by atoms with Gasteiger partial charge < -0.3 is 9.47 Å². The molecule has 0 aromatic heterocycles. The van der Waals surface area contributed by atoms with Gasteiger partial charge in [0.1, 0.15) is 23.0 Å². The molecule has 6 aromatic rings. The van der Waals surface area contributed by atoms with Gasteiger partial charge in [-0.3, -0.25) is 0 Å². The van der Waals surface area contributed by atoms with Crippen molar-refractivity contribution in [2.45, 2.75) is 13.8 Å². The van der Waals surface area contributed by atoms with Crippen LogP contribution in [0.1, 0.15) is 11.1 Å². The number of rotatable bonds is 3. The van der Waals surface area contributed by atoms with E-state index in [4.69, 9.17) is 9.47 Å². The average Bonchev–Trinajstić information content (AvgIpc) is 3.02. The molecule has 3 heteroatoms. The summed E-state index contributed by atoms with van der Waals surface area (Å²) in [7, 11) is 0. The fourth-order valence-corrected chi connectivity index (χ4v) is 6.46. The van der Waals surface area contributed by atoms with Crippen LogP contribution in [0, 0.1) is 13.8 Å². The molecule has 2 heterocycles. The smallest absolute Gasteiger partial charge is 0.260 e. The van der Waals surface area contributed by atoms with Gasteiger partial charge in [0, 0.05) is 11.0 Å². The van der Waals surface area contributed by atoms with Gasteiger partial charge in [-0.25, -0.2) is 0 Å². The maximum absolute atomic E-state index is 6.82. The van der Waals surface area contributed by atoms with Crippen molar-refractivity contribution >= 4 is 23.1 Å². The molecule has 2 aliphatic rings. The highest BCUT2D eigenvalue weighted by atomic mass is 16.5. The van der Waals surface area contributed by atoms with E-state index in [0.717, 1.165) is 44.9 Å². The van der Waals surface area contributed by atoms with E-state index >= 15 is 0 Å². The molecule has 0 saturated heterocycles. The van der Waals surface area contributed by atoms with Crippen LogP contribution >= 0.6 is 0 Å². The van der Waals surface area contributed by atoms with Crippen molar-refractivity contribution in [3.8, 4) is 56.4 Å². The standard InChI is InChI=1S/C38H27BO2/c1-24-10-6-8-14-29(24)28-17-20-34-33(23-28)39-32-22-27(26-12-4-3-5-13-26)16-19-35(32)41-38-31(18-21-36(40-34)37(38)39)30-15-9-7-11-25(30)2/h3-23H,1-2H3. The van der Waals surface area contributed by atoms with Crippen molar-refractivity contribution in [2.24, 2.45) is 0 Å². The van der Waals surface area contributed by atoms with Crippen molar-refractivity contribution in [3.05, 3.63) is 139 Å². The molecule has 0 fully saturated rings. The Labute approximate surface area is 240 Å². The first kappa shape index (κ1) is 23.8. The Morgan fingerprint density at radius 3 is 1.76 bits per heavy atom. The highest BCUT2D eigenvalue weighted by Crippen LogP contribution is 2.42. The van der Waals surface area contributed by atoms with E-state index in [1.165, 1.54) is 38.9 Å². The Balaban J connectivity index is 1.39. The van der Waals surface area contributed by atoms with Gasteiger partial charge in [0.05, 0.1) is 0 Å². The summed E-state index contributed by atoms with van der Waals surface area (Å²) in [6.45, 7) is 4.30. The van der Waals surface area contributed by atoms with Gasteiger partial charge in [0.2, 0.25) is 0 Å². The van der Waals surface area contributed by atoms with Crippen LogP contribution < -0.4 is 25.9 Å². The Kier molecular flexibility index (Phi) is 5.40. The van der Waals surface area contributed by atoms with Crippen molar-refractivity contribution in [2.75, 3.05) is 0 Å². The molecule has 2 nitrogen and oxygen atoms in total. The lowest BCUT2D eigenvalue weighted by Crippen LogP contribution is -2.57.